The van der Waals surface area contributed by atoms with Crippen molar-refractivity contribution in [1.29, 1.82) is 0 Å². The molecule has 2 N–H and O–H groups in total. The lowest BCUT2D eigenvalue weighted by Gasteiger charge is -2.36. The number of nitrogens with zero attached hydrogens (tertiary/aromatic N) is 3. The van der Waals surface area contributed by atoms with Gasteiger partial charge < -0.3 is 25.2 Å². The van der Waals surface area contributed by atoms with E-state index in [0.717, 1.165) is 25.6 Å². The third-order valence-corrected chi connectivity index (χ3v) is 3.40. The molecule has 1 rings (SSSR count). The van der Waals surface area contributed by atoms with Crippen LogP contribution in [0.5, 0.6) is 0 Å². The van der Waals surface area contributed by atoms with Crippen molar-refractivity contribution in [3.8, 4) is 0 Å². The standard InChI is InChI=1S/C16H31N5O3.HI/c1-6-17-14(21-11-9-20(10-12-21)13(2)22)18-7-8-19-15(23)24-16(3,4)5;/h6-12H2,1-5H3,(H,17,18)(H,19,23);1H. The summed E-state index contributed by atoms with van der Waals surface area (Å²) in [4.78, 5) is 31.5. The predicted molar refractivity (Wildman–Crippen MR) is 109 cm³/mol. The van der Waals surface area contributed by atoms with Gasteiger partial charge >= 0.3 is 6.09 Å². The summed E-state index contributed by atoms with van der Waals surface area (Å²) in [5, 5.41) is 5.95. The van der Waals surface area contributed by atoms with Gasteiger partial charge in [-0.05, 0) is 27.7 Å². The second-order valence-corrected chi connectivity index (χ2v) is 6.66. The largest absolute Gasteiger partial charge is 0.444 e. The van der Waals surface area contributed by atoms with E-state index in [0.29, 0.717) is 26.2 Å². The summed E-state index contributed by atoms with van der Waals surface area (Å²) in [7, 11) is 0. The number of guanidine groups is 1. The quantitative estimate of drug-likeness (QED) is 0.280. The van der Waals surface area contributed by atoms with Crippen molar-refractivity contribution in [2.45, 2.75) is 40.2 Å². The van der Waals surface area contributed by atoms with Gasteiger partial charge in [-0.25, -0.2) is 4.79 Å². The monoisotopic (exact) mass is 469 g/mol. The number of carbonyl (C=O) groups is 2. The molecule has 1 fully saturated rings. The van der Waals surface area contributed by atoms with Crippen LogP contribution in [0.3, 0.4) is 0 Å². The highest BCUT2D eigenvalue weighted by Gasteiger charge is 2.20. The Hall–Kier alpha value is -1.26. The Bertz CT molecular complexity index is 457. The van der Waals surface area contributed by atoms with E-state index in [2.05, 4.69) is 20.5 Å². The van der Waals surface area contributed by atoms with Crippen LogP contribution < -0.4 is 10.6 Å². The van der Waals surface area contributed by atoms with Crippen molar-refractivity contribution in [2.24, 2.45) is 4.99 Å². The molecule has 0 aromatic rings. The summed E-state index contributed by atoms with van der Waals surface area (Å²) in [6, 6.07) is 0. The zero-order valence-electron chi connectivity index (χ0n) is 15.9. The van der Waals surface area contributed by atoms with E-state index >= 15 is 0 Å². The molecule has 1 aliphatic heterocycles. The highest BCUT2D eigenvalue weighted by atomic mass is 127. The normalized spacial score (nSPS) is 15.3. The molecule has 25 heavy (non-hydrogen) atoms. The number of amides is 2. The minimum absolute atomic E-state index is 0. The van der Waals surface area contributed by atoms with Gasteiger partial charge in [0, 0.05) is 46.2 Å². The van der Waals surface area contributed by atoms with Crippen molar-refractivity contribution in [3.63, 3.8) is 0 Å². The van der Waals surface area contributed by atoms with Crippen LogP contribution in [-0.2, 0) is 9.53 Å². The average molecular weight is 469 g/mol. The Morgan fingerprint density at radius 1 is 1.08 bits per heavy atom. The lowest BCUT2D eigenvalue weighted by molar-refractivity contribution is -0.130. The molecule has 0 radical (unpaired) electrons. The average Bonchev–Trinajstić information content (AvgIpc) is 2.48. The van der Waals surface area contributed by atoms with Crippen molar-refractivity contribution in [1.82, 2.24) is 20.4 Å². The SMILES string of the molecule is CCNC(=NCCNC(=O)OC(C)(C)C)N1CCN(C(C)=O)CC1.I. The number of rotatable bonds is 4. The van der Waals surface area contributed by atoms with E-state index in [1.54, 1.807) is 6.92 Å². The fourth-order valence-electron chi connectivity index (χ4n) is 2.29. The number of ether oxygens (including phenoxy) is 1. The molecule has 1 saturated heterocycles. The molecule has 146 valence electrons. The summed E-state index contributed by atoms with van der Waals surface area (Å²) >= 11 is 0. The molecular weight excluding hydrogens is 437 g/mol. The molecule has 2 amide bonds. The molecule has 0 aliphatic carbocycles. The summed E-state index contributed by atoms with van der Waals surface area (Å²) in [5.41, 5.74) is -0.501. The number of hydrogen-bond donors (Lipinski definition) is 2. The minimum atomic E-state index is -0.501. The maximum absolute atomic E-state index is 11.6. The van der Waals surface area contributed by atoms with Crippen molar-refractivity contribution < 1.29 is 14.3 Å². The minimum Gasteiger partial charge on any atom is -0.444 e. The van der Waals surface area contributed by atoms with Gasteiger partial charge in [-0.1, -0.05) is 0 Å². The van der Waals surface area contributed by atoms with E-state index in [1.165, 1.54) is 0 Å². The Morgan fingerprint density at radius 2 is 1.64 bits per heavy atom. The first-order chi connectivity index (χ1) is 11.2. The van der Waals surface area contributed by atoms with E-state index in [-0.39, 0.29) is 29.9 Å². The topological polar surface area (TPSA) is 86.3 Å². The van der Waals surface area contributed by atoms with Crippen molar-refractivity contribution in [2.75, 3.05) is 45.8 Å². The molecule has 0 spiro atoms. The predicted octanol–water partition coefficient (Wildman–Crippen LogP) is 1.26. The number of alkyl carbamates (subject to hydrolysis) is 1. The van der Waals surface area contributed by atoms with Crippen LogP contribution in [0.4, 0.5) is 4.79 Å². The van der Waals surface area contributed by atoms with Crippen LogP contribution >= 0.6 is 24.0 Å². The number of carbonyl (C=O) groups excluding carboxylic acids is 2. The van der Waals surface area contributed by atoms with Gasteiger partial charge in [0.2, 0.25) is 5.91 Å². The smallest absolute Gasteiger partial charge is 0.407 e. The fraction of sp³-hybridized carbons (Fsp3) is 0.812. The van der Waals surface area contributed by atoms with Gasteiger partial charge in [0.15, 0.2) is 5.96 Å². The Morgan fingerprint density at radius 3 is 2.12 bits per heavy atom. The van der Waals surface area contributed by atoms with Gasteiger partial charge in [-0.2, -0.15) is 0 Å². The van der Waals surface area contributed by atoms with E-state index in [4.69, 9.17) is 4.74 Å². The van der Waals surface area contributed by atoms with Gasteiger partial charge in [0.25, 0.3) is 0 Å². The van der Waals surface area contributed by atoms with Crippen LogP contribution in [0, 0.1) is 0 Å². The molecule has 8 nitrogen and oxygen atoms in total. The Balaban J connectivity index is 0.00000576. The Kier molecular flexibility index (Phi) is 10.8. The van der Waals surface area contributed by atoms with Crippen LogP contribution in [0.25, 0.3) is 0 Å². The summed E-state index contributed by atoms with van der Waals surface area (Å²) in [5.74, 6) is 0.921. The lowest BCUT2D eigenvalue weighted by Crippen LogP contribution is -2.53. The van der Waals surface area contributed by atoms with E-state index in [1.807, 2.05) is 32.6 Å². The fourth-order valence-corrected chi connectivity index (χ4v) is 2.29. The first kappa shape index (κ1) is 23.7. The van der Waals surface area contributed by atoms with Crippen LogP contribution in [-0.4, -0.2) is 79.2 Å². The summed E-state index contributed by atoms with van der Waals surface area (Å²) in [6.45, 7) is 13.7. The zero-order valence-corrected chi connectivity index (χ0v) is 18.3. The molecule has 0 aromatic carbocycles. The lowest BCUT2D eigenvalue weighted by atomic mass is 10.2. The second kappa shape index (κ2) is 11.4. The highest BCUT2D eigenvalue weighted by Crippen LogP contribution is 2.06. The highest BCUT2D eigenvalue weighted by molar-refractivity contribution is 14.0. The Labute approximate surface area is 167 Å². The number of piperazine rings is 1. The molecule has 0 unspecified atom stereocenters. The molecule has 0 aromatic heterocycles. The molecule has 0 bridgehead atoms. The molecule has 9 heteroatoms. The van der Waals surface area contributed by atoms with Gasteiger partial charge in [0.05, 0.1) is 6.54 Å². The third kappa shape index (κ3) is 9.71. The summed E-state index contributed by atoms with van der Waals surface area (Å²) in [6.07, 6.45) is -0.433. The van der Waals surface area contributed by atoms with Crippen LogP contribution in [0.15, 0.2) is 4.99 Å². The first-order valence-corrected chi connectivity index (χ1v) is 8.48. The van der Waals surface area contributed by atoms with Crippen LogP contribution in [0.1, 0.15) is 34.6 Å². The van der Waals surface area contributed by atoms with E-state index in [9.17, 15) is 9.59 Å². The number of halogens is 1. The van der Waals surface area contributed by atoms with E-state index < -0.39 is 11.7 Å². The number of aliphatic imine (C=N–C) groups is 1. The van der Waals surface area contributed by atoms with Gasteiger partial charge in [-0.15, -0.1) is 24.0 Å². The number of hydrogen-bond acceptors (Lipinski definition) is 4. The first-order valence-electron chi connectivity index (χ1n) is 8.48. The molecule has 1 heterocycles. The zero-order chi connectivity index (χ0) is 18.2. The molecule has 0 atom stereocenters. The summed E-state index contributed by atoms with van der Waals surface area (Å²) < 4.78 is 5.18. The van der Waals surface area contributed by atoms with Gasteiger partial charge in [0.1, 0.15) is 5.60 Å². The maximum Gasteiger partial charge on any atom is 0.407 e. The number of nitrogens with one attached hydrogen (secondary N) is 2. The van der Waals surface area contributed by atoms with Crippen molar-refractivity contribution >= 4 is 41.9 Å². The molecular formula is C16H32IN5O3. The second-order valence-electron chi connectivity index (χ2n) is 6.66. The molecule has 0 saturated carbocycles. The van der Waals surface area contributed by atoms with Crippen LogP contribution in [0.2, 0.25) is 0 Å². The maximum atomic E-state index is 11.6. The molecule has 1 aliphatic rings. The van der Waals surface area contributed by atoms with Crippen molar-refractivity contribution in [3.05, 3.63) is 0 Å². The third-order valence-electron chi connectivity index (χ3n) is 3.40. The van der Waals surface area contributed by atoms with Gasteiger partial charge in [-0.3, -0.25) is 9.79 Å².